The van der Waals surface area contributed by atoms with Crippen molar-refractivity contribution in [2.24, 2.45) is 0 Å². The van der Waals surface area contributed by atoms with Crippen LogP contribution in [0.2, 0.25) is 0 Å². The molecule has 0 aliphatic carbocycles. The third kappa shape index (κ3) is 7.25. The van der Waals surface area contributed by atoms with Crippen molar-refractivity contribution in [1.82, 2.24) is 5.32 Å². The van der Waals surface area contributed by atoms with E-state index < -0.39 is 19.9 Å². The Morgan fingerprint density at radius 1 is 1.06 bits per heavy atom. The molecule has 1 atom stereocenters. The Labute approximate surface area is 184 Å². The Morgan fingerprint density at radius 2 is 1.71 bits per heavy atom. The van der Waals surface area contributed by atoms with Crippen LogP contribution in [0.3, 0.4) is 0 Å². The molecule has 0 radical (unpaired) electrons. The lowest BCUT2D eigenvalue weighted by molar-refractivity contribution is -0.121. The average molecular weight is 469 g/mol. The number of amides is 1. The molecule has 0 aromatic heterocycles. The number of ether oxygens (including phenoxy) is 1. The number of methoxy groups -OCH3 is 1. The minimum absolute atomic E-state index is 0.141. The van der Waals surface area contributed by atoms with Gasteiger partial charge in [-0.3, -0.25) is 9.10 Å². The Hall–Kier alpha value is -2.59. The standard InChI is InChI=1S/C21H28N2O6S2/c1-16(17-10-12-20(13-11-17)30(3,25)26)22-21(24)9-6-14-23(31(4,27)28)18-7-5-8-19(15-18)29-2/h5,7-8,10-13,15-16H,6,9,14H2,1-4H3,(H,22,24)/t16-/m0/s1. The molecule has 0 unspecified atom stereocenters. The van der Waals surface area contributed by atoms with E-state index in [9.17, 15) is 21.6 Å². The molecule has 31 heavy (non-hydrogen) atoms. The maximum absolute atomic E-state index is 12.3. The molecule has 0 aliphatic rings. The molecule has 2 aromatic carbocycles. The van der Waals surface area contributed by atoms with Crippen LogP contribution in [0.4, 0.5) is 5.69 Å². The highest BCUT2D eigenvalue weighted by Gasteiger charge is 2.19. The van der Waals surface area contributed by atoms with Crippen molar-refractivity contribution in [3.63, 3.8) is 0 Å². The van der Waals surface area contributed by atoms with Crippen molar-refractivity contribution in [2.75, 3.05) is 30.5 Å². The lowest BCUT2D eigenvalue weighted by Crippen LogP contribution is -2.32. The molecule has 2 aromatic rings. The van der Waals surface area contributed by atoms with Crippen molar-refractivity contribution in [3.05, 3.63) is 54.1 Å². The van der Waals surface area contributed by atoms with Gasteiger partial charge in [0.25, 0.3) is 0 Å². The summed E-state index contributed by atoms with van der Waals surface area (Å²) >= 11 is 0. The number of rotatable bonds is 10. The van der Waals surface area contributed by atoms with E-state index in [1.807, 2.05) is 0 Å². The van der Waals surface area contributed by atoms with E-state index in [1.54, 1.807) is 43.3 Å². The average Bonchev–Trinajstić information content (AvgIpc) is 2.69. The van der Waals surface area contributed by atoms with Gasteiger partial charge in [-0.15, -0.1) is 0 Å². The minimum atomic E-state index is -3.53. The second kappa shape index (κ2) is 10.1. The van der Waals surface area contributed by atoms with E-state index in [0.717, 1.165) is 18.1 Å². The van der Waals surface area contributed by atoms with Gasteiger partial charge in [0.15, 0.2) is 9.84 Å². The number of carbonyl (C=O) groups is 1. The summed E-state index contributed by atoms with van der Waals surface area (Å²) in [6, 6.07) is 12.7. The van der Waals surface area contributed by atoms with Crippen LogP contribution in [0.5, 0.6) is 5.75 Å². The first kappa shape index (κ1) is 24.7. The molecule has 0 saturated carbocycles. The van der Waals surface area contributed by atoms with Crippen molar-refractivity contribution >= 4 is 31.5 Å². The maximum Gasteiger partial charge on any atom is 0.232 e. The largest absolute Gasteiger partial charge is 0.497 e. The molecule has 170 valence electrons. The van der Waals surface area contributed by atoms with Gasteiger partial charge in [0, 0.05) is 25.3 Å². The highest BCUT2D eigenvalue weighted by atomic mass is 32.2. The number of anilines is 1. The van der Waals surface area contributed by atoms with Crippen LogP contribution < -0.4 is 14.4 Å². The molecule has 2 rings (SSSR count). The fourth-order valence-corrected chi connectivity index (χ4v) is 4.62. The maximum atomic E-state index is 12.3. The first-order valence-electron chi connectivity index (χ1n) is 9.63. The van der Waals surface area contributed by atoms with E-state index in [4.69, 9.17) is 4.74 Å². The van der Waals surface area contributed by atoms with E-state index >= 15 is 0 Å². The molecule has 1 N–H and O–H groups in total. The van der Waals surface area contributed by atoms with Crippen LogP contribution in [0.25, 0.3) is 0 Å². The number of nitrogens with one attached hydrogen (secondary N) is 1. The SMILES string of the molecule is COc1cccc(N(CCCC(=O)N[C@@H](C)c2ccc(S(C)(=O)=O)cc2)S(C)(=O)=O)c1. The zero-order valence-electron chi connectivity index (χ0n) is 18.0. The summed E-state index contributed by atoms with van der Waals surface area (Å²) < 4.78 is 53.9. The molecule has 8 nitrogen and oxygen atoms in total. The zero-order valence-corrected chi connectivity index (χ0v) is 19.7. The van der Waals surface area contributed by atoms with Gasteiger partial charge in [0.05, 0.1) is 30.0 Å². The van der Waals surface area contributed by atoms with E-state index in [2.05, 4.69) is 5.32 Å². The molecule has 0 aliphatic heterocycles. The monoisotopic (exact) mass is 468 g/mol. The first-order chi connectivity index (χ1) is 14.4. The number of nitrogens with zero attached hydrogens (tertiary/aromatic N) is 1. The van der Waals surface area contributed by atoms with E-state index in [0.29, 0.717) is 17.9 Å². The number of carbonyl (C=O) groups excluding carboxylic acids is 1. The summed E-state index contributed by atoms with van der Waals surface area (Å²) in [5.41, 5.74) is 1.25. The third-order valence-electron chi connectivity index (χ3n) is 4.69. The molecule has 0 bridgehead atoms. The molecule has 0 fully saturated rings. The molecule has 10 heteroatoms. The Balaban J connectivity index is 1.96. The molecular formula is C21H28N2O6S2. The second-order valence-corrected chi connectivity index (χ2v) is 11.2. The van der Waals surface area contributed by atoms with E-state index in [1.165, 1.54) is 23.5 Å². The van der Waals surface area contributed by atoms with Crippen molar-refractivity contribution < 1.29 is 26.4 Å². The summed E-state index contributed by atoms with van der Waals surface area (Å²) in [7, 11) is -5.30. The number of benzene rings is 2. The summed E-state index contributed by atoms with van der Waals surface area (Å²) in [6.45, 7) is 1.95. The van der Waals surface area contributed by atoms with Gasteiger partial charge in [-0.05, 0) is 43.2 Å². The first-order valence-corrected chi connectivity index (χ1v) is 13.4. The highest BCUT2D eigenvalue weighted by molar-refractivity contribution is 7.92. The van der Waals surface area contributed by atoms with Crippen LogP contribution in [-0.2, 0) is 24.7 Å². The predicted molar refractivity (Wildman–Crippen MR) is 121 cm³/mol. The molecule has 0 saturated heterocycles. The summed E-state index contributed by atoms with van der Waals surface area (Å²) in [5.74, 6) is 0.318. The van der Waals surface area contributed by atoms with Crippen LogP contribution in [0.1, 0.15) is 31.4 Å². The number of sulfonamides is 1. The topological polar surface area (TPSA) is 110 Å². The fourth-order valence-electron chi connectivity index (χ4n) is 3.04. The smallest absolute Gasteiger partial charge is 0.232 e. The van der Waals surface area contributed by atoms with Crippen LogP contribution in [0.15, 0.2) is 53.4 Å². The van der Waals surface area contributed by atoms with Crippen molar-refractivity contribution in [3.8, 4) is 5.75 Å². The van der Waals surface area contributed by atoms with E-state index in [-0.39, 0.29) is 29.8 Å². The summed E-state index contributed by atoms with van der Waals surface area (Å²) in [5, 5.41) is 2.85. The number of sulfone groups is 1. The van der Waals surface area contributed by atoms with Gasteiger partial charge < -0.3 is 10.1 Å². The number of hydrogen-bond acceptors (Lipinski definition) is 6. The van der Waals surface area contributed by atoms with Gasteiger partial charge >= 0.3 is 0 Å². The van der Waals surface area contributed by atoms with Crippen LogP contribution >= 0.6 is 0 Å². The summed E-state index contributed by atoms with van der Waals surface area (Å²) in [6.07, 6.45) is 2.73. The zero-order chi connectivity index (χ0) is 23.2. The third-order valence-corrected chi connectivity index (χ3v) is 7.01. The molecular weight excluding hydrogens is 440 g/mol. The highest BCUT2D eigenvalue weighted by Crippen LogP contribution is 2.23. The fraction of sp³-hybridized carbons (Fsp3) is 0.381. The van der Waals surface area contributed by atoms with Gasteiger partial charge in [0.1, 0.15) is 5.75 Å². The summed E-state index contributed by atoms with van der Waals surface area (Å²) in [4.78, 5) is 12.5. The Kier molecular flexibility index (Phi) is 8.08. The lowest BCUT2D eigenvalue weighted by atomic mass is 10.1. The van der Waals surface area contributed by atoms with Crippen LogP contribution in [0, 0.1) is 0 Å². The molecule has 0 heterocycles. The Morgan fingerprint density at radius 3 is 2.26 bits per heavy atom. The van der Waals surface area contributed by atoms with Gasteiger partial charge in [0.2, 0.25) is 15.9 Å². The van der Waals surface area contributed by atoms with Crippen molar-refractivity contribution in [1.29, 1.82) is 0 Å². The predicted octanol–water partition coefficient (Wildman–Crippen LogP) is 2.52. The Bertz CT molecular complexity index is 1110. The molecule has 0 spiro atoms. The second-order valence-electron chi connectivity index (χ2n) is 7.27. The van der Waals surface area contributed by atoms with Crippen LogP contribution in [-0.4, -0.2) is 48.9 Å². The quantitative estimate of drug-likeness (QED) is 0.574. The minimum Gasteiger partial charge on any atom is -0.497 e. The van der Waals surface area contributed by atoms with Gasteiger partial charge in [-0.25, -0.2) is 16.8 Å². The van der Waals surface area contributed by atoms with Gasteiger partial charge in [-0.1, -0.05) is 18.2 Å². The lowest BCUT2D eigenvalue weighted by Gasteiger charge is -2.23. The van der Waals surface area contributed by atoms with Crippen molar-refractivity contribution in [2.45, 2.75) is 30.7 Å². The molecule has 1 amide bonds. The normalized spacial score (nSPS) is 12.8. The van der Waals surface area contributed by atoms with Gasteiger partial charge in [-0.2, -0.15) is 0 Å². The number of hydrogen-bond donors (Lipinski definition) is 1.